The number of amidine groups is 1. The van der Waals surface area contributed by atoms with Crippen LogP contribution in [-0.4, -0.2) is 63.6 Å². The fourth-order valence-electron chi connectivity index (χ4n) is 5.07. The zero-order valence-corrected chi connectivity index (χ0v) is 22.0. The van der Waals surface area contributed by atoms with Crippen LogP contribution in [0.2, 0.25) is 0 Å². The molecule has 4 aliphatic rings. The standard InChI is InChI=1S/C28H26F3N7O3/c1-16-15-41-22(14-37(16)27(40)19-6-7-19)24-21-13-33-10-11-38(21,32)25(36-24)17-2-4-18(5-3-17)26(39)35-23-12-20(8-9-34-23)28(29,30)31/h2-5,8-13,16,19,22H,6-7,14-15,32H2,1H3/p+1/t16-,22+,38?/m0/s1. The van der Waals surface area contributed by atoms with E-state index >= 15 is 0 Å². The van der Waals surface area contributed by atoms with E-state index in [9.17, 15) is 22.8 Å². The van der Waals surface area contributed by atoms with E-state index in [1.54, 1.807) is 30.7 Å². The molecular formula is C28H27F3N7O3+. The van der Waals surface area contributed by atoms with Gasteiger partial charge in [0.05, 0.1) is 42.7 Å². The van der Waals surface area contributed by atoms with Gasteiger partial charge in [0.15, 0.2) is 0 Å². The number of anilines is 1. The number of quaternary nitrogens is 1. The van der Waals surface area contributed by atoms with Gasteiger partial charge in [-0.05, 0) is 56.2 Å². The van der Waals surface area contributed by atoms with Gasteiger partial charge in [0.2, 0.25) is 11.6 Å². The van der Waals surface area contributed by atoms with Gasteiger partial charge in [-0.15, -0.1) is 4.59 Å². The molecule has 10 nitrogen and oxygen atoms in total. The van der Waals surface area contributed by atoms with Crippen LogP contribution in [0.3, 0.4) is 0 Å². The van der Waals surface area contributed by atoms with Crippen LogP contribution in [0.25, 0.3) is 0 Å². The van der Waals surface area contributed by atoms with E-state index in [0.717, 1.165) is 31.2 Å². The van der Waals surface area contributed by atoms with Crippen molar-refractivity contribution >= 4 is 29.7 Å². The number of fused-ring (bicyclic) bond motifs is 1. The first-order chi connectivity index (χ1) is 19.5. The molecule has 2 amide bonds. The summed E-state index contributed by atoms with van der Waals surface area (Å²) in [5.41, 5.74) is 1.09. The van der Waals surface area contributed by atoms with Crippen LogP contribution in [0.4, 0.5) is 19.0 Å². The minimum Gasteiger partial charge on any atom is -0.368 e. The number of amides is 2. The third kappa shape index (κ3) is 5.07. The van der Waals surface area contributed by atoms with Crippen LogP contribution in [0.1, 0.15) is 41.3 Å². The molecule has 6 rings (SSSR count). The van der Waals surface area contributed by atoms with E-state index in [-0.39, 0.29) is 33.8 Å². The maximum Gasteiger partial charge on any atom is 0.416 e. The number of benzene rings is 1. The number of morpholine rings is 1. The number of aliphatic imine (C=N–C) groups is 2. The Morgan fingerprint density at radius 3 is 2.63 bits per heavy atom. The second-order valence-electron chi connectivity index (χ2n) is 10.5. The van der Waals surface area contributed by atoms with Crippen molar-refractivity contribution in [2.24, 2.45) is 21.7 Å². The first-order valence-electron chi connectivity index (χ1n) is 13.1. The van der Waals surface area contributed by atoms with Crippen molar-refractivity contribution in [3.05, 3.63) is 83.1 Å². The van der Waals surface area contributed by atoms with Crippen LogP contribution in [0, 0.1) is 5.92 Å². The summed E-state index contributed by atoms with van der Waals surface area (Å²) in [5, 5.41) is 2.40. The Bertz CT molecular complexity index is 1530. The summed E-state index contributed by atoms with van der Waals surface area (Å²) in [4.78, 5) is 40.4. The molecule has 0 spiro atoms. The van der Waals surface area contributed by atoms with Crippen molar-refractivity contribution in [2.45, 2.75) is 38.1 Å². The molecule has 0 radical (unpaired) electrons. The highest BCUT2D eigenvalue weighted by atomic mass is 19.4. The number of carbonyl (C=O) groups is 2. The smallest absolute Gasteiger partial charge is 0.368 e. The molecule has 1 saturated heterocycles. The highest BCUT2D eigenvalue weighted by molar-refractivity contribution is 6.05. The van der Waals surface area contributed by atoms with Gasteiger partial charge in [-0.2, -0.15) is 24.0 Å². The number of alkyl halides is 3. The molecule has 1 aliphatic carbocycles. The van der Waals surface area contributed by atoms with E-state index in [0.29, 0.717) is 35.9 Å². The van der Waals surface area contributed by atoms with Gasteiger partial charge in [0.25, 0.3) is 11.7 Å². The first-order valence-corrected chi connectivity index (χ1v) is 13.1. The van der Waals surface area contributed by atoms with Gasteiger partial charge in [0, 0.05) is 17.7 Å². The molecule has 3 atom stereocenters. The summed E-state index contributed by atoms with van der Waals surface area (Å²) in [5.74, 6) is 6.67. The number of nitrogens with two attached hydrogens (primary N) is 1. The number of halogens is 3. The van der Waals surface area contributed by atoms with Gasteiger partial charge >= 0.3 is 6.18 Å². The largest absolute Gasteiger partial charge is 0.416 e. The Labute approximate surface area is 233 Å². The number of aromatic nitrogens is 1. The van der Waals surface area contributed by atoms with Crippen LogP contribution < -0.4 is 11.2 Å². The maximum atomic E-state index is 13.0. The molecule has 1 aromatic carbocycles. The summed E-state index contributed by atoms with van der Waals surface area (Å²) in [6.45, 7) is 2.69. The van der Waals surface area contributed by atoms with Gasteiger partial charge < -0.3 is 15.0 Å². The fourth-order valence-corrected chi connectivity index (χ4v) is 5.07. The highest BCUT2D eigenvalue weighted by Gasteiger charge is 2.48. The second kappa shape index (κ2) is 10.0. The summed E-state index contributed by atoms with van der Waals surface area (Å²) >= 11 is 0. The minimum absolute atomic E-state index is 0.0447. The molecule has 3 aliphatic heterocycles. The lowest BCUT2D eigenvalue weighted by molar-refractivity contribution is -0.750. The van der Waals surface area contributed by atoms with Gasteiger partial charge in [0.1, 0.15) is 23.8 Å². The molecule has 1 unspecified atom stereocenters. The fraction of sp³-hybridized carbons (Fsp3) is 0.321. The SMILES string of the molecule is C[C@H]1CO[C@@H](C2=C3C=NC=C[N+]3(N)C(c3ccc(C(=O)Nc4cc(C(F)(F)F)ccn4)cc3)=N2)CN1C(=O)C1CC1. The van der Waals surface area contributed by atoms with Crippen molar-refractivity contribution < 1.29 is 32.1 Å². The van der Waals surface area contributed by atoms with Gasteiger partial charge in [-0.3, -0.25) is 14.6 Å². The highest BCUT2D eigenvalue weighted by Crippen LogP contribution is 2.37. The summed E-state index contributed by atoms with van der Waals surface area (Å²) in [6, 6.07) is 7.93. The average Bonchev–Trinajstić information content (AvgIpc) is 3.75. The van der Waals surface area contributed by atoms with Crippen molar-refractivity contribution in [3.63, 3.8) is 0 Å². The summed E-state index contributed by atoms with van der Waals surface area (Å²) in [6.07, 6.45) is 2.63. The van der Waals surface area contributed by atoms with E-state index < -0.39 is 23.8 Å². The van der Waals surface area contributed by atoms with E-state index in [2.05, 4.69) is 15.3 Å². The molecule has 13 heteroatoms. The van der Waals surface area contributed by atoms with Gasteiger partial charge in [-0.1, -0.05) is 0 Å². The lowest BCUT2D eigenvalue weighted by Gasteiger charge is -2.38. The molecule has 4 heterocycles. The number of ether oxygens (including phenoxy) is 1. The zero-order chi connectivity index (χ0) is 28.9. The van der Waals surface area contributed by atoms with Crippen LogP contribution in [0.5, 0.6) is 0 Å². The molecule has 1 aromatic heterocycles. The predicted octanol–water partition coefficient (Wildman–Crippen LogP) is 3.60. The normalized spacial score (nSPS) is 25.7. The van der Waals surface area contributed by atoms with Crippen molar-refractivity contribution in [1.82, 2.24) is 9.88 Å². The number of rotatable bonds is 5. The second-order valence-corrected chi connectivity index (χ2v) is 10.5. The minimum atomic E-state index is -4.56. The third-order valence-electron chi connectivity index (χ3n) is 7.50. The Morgan fingerprint density at radius 1 is 1.17 bits per heavy atom. The van der Waals surface area contributed by atoms with Crippen LogP contribution in [-0.2, 0) is 15.7 Å². The molecule has 2 aromatic rings. The molecular weight excluding hydrogens is 539 g/mol. The monoisotopic (exact) mass is 566 g/mol. The summed E-state index contributed by atoms with van der Waals surface area (Å²) < 4.78 is 44.9. The number of hydrogen-bond donors (Lipinski definition) is 2. The summed E-state index contributed by atoms with van der Waals surface area (Å²) in [7, 11) is 0. The van der Waals surface area contributed by atoms with Crippen LogP contribution in [0.15, 0.2) is 76.4 Å². The van der Waals surface area contributed by atoms with Gasteiger partial charge in [-0.25, -0.2) is 4.98 Å². The Kier molecular flexibility index (Phi) is 6.59. The molecule has 212 valence electrons. The average molecular weight is 567 g/mol. The van der Waals surface area contributed by atoms with E-state index in [1.807, 2.05) is 11.8 Å². The van der Waals surface area contributed by atoms with Crippen molar-refractivity contribution in [3.8, 4) is 0 Å². The lowest BCUT2D eigenvalue weighted by Crippen LogP contribution is -2.54. The number of carbonyl (C=O) groups excluding carboxylic acids is 2. The van der Waals surface area contributed by atoms with E-state index in [1.165, 1.54) is 12.1 Å². The quantitative estimate of drug-likeness (QED) is 0.423. The number of nitrogens with zero attached hydrogens (tertiary/aromatic N) is 5. The van der Waals surface area contributed by atoms with Crippen molar-refractivity contribution in [1.29, 1.82) is 0 Å². The van der Waals surface area contributed by atoms with E-state index in [4.69, 9.17) is 15.6 Å². The number of allylic oxidation sites excluding steroid dienone is 1. The number of pyridine rings is 1. The maximum absolute atomic E-state index is 13.0. The topological polar surface area (TPSA) is 122 Å². The van der Waals surface area contributed by atoms with Crippen LogP contribution >= 0.6 is 0 Å². The Balaban J connectivity index is 1.24. The number of nitrogens with one attached hydrogen (secondary N) is 1. The molecule has 41 heavy (non-hydrogen) atoms. The Morgan fingerprint density at radius 2 is 1.93 bits per heavy atom. The zero-order valence-electron chi connectivity index (χ0n) is 22.0. The molecule has 0 bridgehead atoms. The molecule has 2 fully saturated rings. The third-order valence-corrected chi connectivity index (χ3v) is 7.50. The predicted molar refractivity (Wildman–Crippen MR) is 143 cm³/mol. The lowest BCUT2D eigenvalue weighted by atomic mass is 10.1. The first kappa shape index (κ1) is 27.0. The van der Waals surface area contributed by atoms with Crippen molar-refractivity contribution in [2.75, 3.05) is 18.5 Å². The molecule has 1 saturated carbocycles. The Hall–Kier alpha value is -4.20. The molecule has 3 N–H and O–H groups in total. The number of hydrogen-bond acceptors (Lipinski definition) is 7.